The number of aromatic nitrogens is 1. The molecule has 1 aliphatic rings. The van der Waals surface area contributed by atoms with Gasteiger partial charge in [0.25, 0.3) is 0 Å². The second-order valence-electron chi connectivity index (χ2n) is 3.22. The zero-order valence-corrected chi connectivity index (χ0v) is 8.88. The van der Waals surface area contributed by atoms with Gasteiger partial charge in [-0.1, -0.05) is 22.9 Å². The molecule has 0 aromatic carbocycles. The zero-order chi connectivity index (χ0) is 10.1. The second kappa shape index (κ2) is 3.74. The minimum Gasteiger partial charge on any atom is -0.481 e. The molecule has 0 bridgehead atoms. The number of carboxylic acids is 1. The number of carbonyl (C=O) groups is 1. The third-order valence-electron chi connectivity index (χ3n) is 2.27. The third-order valence-corrected chi connectivity index (χ3v) is 3.45. The Morgan fingerprint density at radius 2 is 2.57 bits per heavy atom. The van der Waals surface area contributed by atoms with Crippen LogP contribution in [0.4, 0.5) is 5.13 Å². The van der Waals surface area contributed by atoms with Crippen LogP contribution in [0.1, 0.15) is 6.42 Å². The number of nitrogens with zero attached hydrogens (tertiary/aromatic N) is 2. The molecule has 4 nitrogen and oxygen atoms in total. The predicted octanol–water partition coefficient (Wildman–Crippen LogP) is 1.71. The number of rotatable bonds is 2. The first-order valence-corrected chi connectivity index (χ1v) is 5.45. The van der Waals surface area contributed by atoms with Gasteiger partial charge >= 0.3 is 5.97 Å². The van der Waals surface area contributed by atoms with E-state index in [1.807, 2.05) is 4.90 Å². The molecule has 1 atom stereocenters. The summed E-state index contributed by atoms with van der Waals surface area (Å²) >= 11 is 7.14. The Hall–Kier alpha value is -0.810. The van der Waals surface area contributed by atoms with Crippen molar-refractivity contribution in [2.75, 3.05) is 18.0 Å². The van der Waals surface area contributed by atoms with Crippen molar-refractivity contribution in [1.82, 2.24) is 4.98 Å². The van der Waals surface area contributed by atoms with Crippen molar-refractivity contribution in [3.8, 4) is 0 Å². The van der Waals surface area contributed by atoms with Crippen LogP contribution in [0.5, 0.6) is 0 Å². The number of halogens is 1. The lowest BCUT2D eigenvalue weighted by molar-refractivity contribution is -0.140. The summed E-state index contributed by atoms with van der Waals surface area (Å²) in [6.07, 6.45) is 2.28. The average Bonchev–Trinajstić information content (AvgIpc) is 2.70. The van der Waals surface area contributed by atoms with Crippen LogP contribution in [-0.4, -0.2) is 29.1 Å². The lowest BCUT2D eigenvalue weighted by Crippen LogP contribution is -2.22. The predicted molar refractivity (Wildman–Crippen MR) is 55.1 cm³/mol. The molecule has 2 rings (SSSR count). The Labute approximate surface area is 90.1 Å². The van der Waals surface area contributed by atoms with Crippen LogP contribution in [0.25, 0.3) is 0 Å². The highest BCUT2D eigenvalue weighted by atomic mass is 35.5. The van der Waals surface area contributed by atoms with E-state index in [2.05, 4.69) is 4.98 Å². The van der Waals surface area contributed by atoms with Crippen LogP contribution in [0, 0.1) is 5.92 Å². The molecule has 6 heteroatoms. The Morgan fingerprint density at radius 1 is 1.79 bits per heavy atom. The summed E-state index contributed by atoms with van der Waals surface area (Å²) in [5.41, 5.74) is 0. The smallest absolute Gasteiger partial charge is 0.308 e. The summed E-state index contributed by atoms with van der Waals surface area (Å²) in [6.45, 7) is 1.29. The maximum Gasteiger partial charge on any atom is 0.308 e. The van der Waals surface area contributed by atoms with Gasteiger partial charge < -0.3 is 10.0 Å². The molecular weight excluding hydrogens is 224 g/mol. The number of anilines is 1. The SMILES string of the molecule is O=C(O)[C@H]1CCN(c2ncc(Cl)s2)C1. The van der Waals surface area contributed by atoms with Crippen LogP contribution in [0.2, 0.25) is 4.34 Å². The van der Waals surface area contributed by atoms with E-state index in [9.17, 15) is 4.79 Å². The summed E-state index contributed by atoms with van der Waals surface area (Å²) in [6, 6.07) is 0. The fraction of sp³-hybridized carbons (Fsp3) is 0.500. The molecule has 1 aromatic rings. The summed E-state index contributed by atoms with van der Waals surface area (Å²) in [5, 5.41) is 9.63. The van der Waals surface area contributed by atoms with Crippen molar-refractivity contribution >= 4 is 34.0 Å². The van der Waals surface area contributed by atoms with Gasteiger partial charge in [-0.05, 0) is 6.42 Å². The monoisotopic (exact) mass is 232 g/mol. The lowest BCUT2D eigenvalue weighted by Gasteiger charge is -2.12. The highest BCUT2D eigenvalue weighted by Gasteiger charge is 2.29. The van der Waals surface area contributed by atoms with Gasteiger partial charge in [-0.2, -0.15) is 0 Å². The zero-order valence-electron chi connectivity index (χ0n) is 7.31. The van der Waals surface area contributed by atoms with Crippen molar-refractivity contribution in [1.29, 1.82) is 0 Å². The van der Waals surface area contributed by atoms with Crippen molar-refractivity contribution < 1.29 is 9.90 Å². The van der Waals surface area contributed by atoms with E-state index in [1.165, 1.54) is 11.3 Å². The van der Waals surface area contributed by atoms with E-state index in [1.54, 1.807) is 6.20 Å². The van der Waals surface area contributed by atoms with Gasteiger partial charge in [-0.25, -0.2) is 4.98 Å². The fourth-order valence-electron chi connectivity index (χ4n) is 1.53. The normalized spacial score (nSPS) is 21.5. The molecule has 14 heavy (non-hydrogen) atoms. The number of thiazole rings is 1. The average molecular weight is 233 g/mol. The first-order valence-electron chi connectivity index (χ1n) is 4.26. The van der Waals surface area contributed by atoms with Crippen molar-refractivity contribution in [3.05, 3.63) is 10.5 Å². The van der Waals surface area contributed by atoms with Crippen LogP contribution >= 0.6 is 22.9 Å². The van der Waals surface area contributed by atoms with E-state index in [0.29, 0.717) is 17.3 Å². The molecule has 1 aliphatic heterocycles. The topological polar surface area (TPSA) is 53.4 Å². The highest BCUT2D eigenvalue weighted by Crippen LogP contribution is 2.30. The summed E-state index contributed by atoms with van der Waals surface area (Å²) in [5.74, 6) is -0.993. The van der Waals surface area contributed by atoms with Crippen molar-refractivity contribution in [3.63, 3.8) is 0 Å². The third kappa shape index (κ3) is 1.83. The summed E-state index contributed by atoms with van der Waals surface area (Å²) < 4.78 is 0.638. The molecule has 2 heterocycles. The largest absolute Gasteiger partial charge is 0.481 e. The number of hydrogen-bond acceptors (Lipinski definition) is 4. The van der Waals surface area contributed by atoms with E-state index >= 15 is 0 Å². The Kier molecular flexibility index (Phi) is 2.60. The number of carboxylic acid groups (broad SMARTS) is 1. The van der Waals surface area contributed by atoms with Gasteiger partial charge in [0.05, 0.1) is 12.1 Å². The van der Waals surface area contributed by atoms with Crippen LogP contribution in [0.15, 0.2) is 6.20 Å². The van der Waals surface area contributed by atoms with Crippen LogP contribution in [0.3, 0.4) is 0 Å². The standard InChI is InChI=1S/C8H9ClN2O2S/c9-6-3-10-8(14-6)11-2-1-5(4-11)7(12)13/h3,5H,1-2,4H2,(H,12,13)/t5-/m0/s1. The molecule has 0 spiro atoms. The first kappa shape index (κ1) is 9.73. The quantitative estimate of drug-likeness (QED) is 0.844. The van der Waals surface area contributed by atoms with E-state index in [0.717, 1.165) is 11.7 Å². The summed E-state index contributed by atoms with van der Waals surface area (Å²) in [4.78, 5) is 16.8. The number of hydrogen-bond donors (Lipinski definition) is 1. The molecule has 0 saturated carbocycles. The molecule has 1 saturated heterocycles. The van der Waals surface area contributed by atoms with Gasteiger partial charge in [0.15, 0.2) is 5.13 Å². The molecule has 0 radical (unpaired) electrons. The van der Waals surface area contributed by atoms with Crippen LogP contribution < -0.4 is 4.90 Å². The lowest BCUT2D eigenvalue weighted by atomic mass is 10.1. The van der Waals surface area contributed by atoms with E-state index < -0.39 is 5.97 Å². The van der Waals surface area contributed by atoms with Gasteiger partial charge in [-0.15, -0.1) is 0 Å². The second-order valence-corrected chi connectivity index (χ2v) is 4.86. The fourth-order valence-corrected chi connectivity index (χ4v) is 2.46. The van der Waals surface area contributed by atoms with Gasteiger partial charge in [0, 0.05) is 13.1 Å². The van der Waals surface area contributed by atoms with Gasteiger partial charge in [0.2, 0.25) is 0 Å². The molecule has 0 unspecified atom stereocenters. The molecule has 1 fully saturated rings. The van der Waals surface area contributed by atoms with Crippen molar-refractivity contribution in [2.45, 2.75) is 6.42 Å². The van der Waals surface area contributed by atoms with E-state index in [-0.39, 0.29) is 5.92 Å². The number of aliphatic carboxylic acids is 1. The molecule has 1 N–H and O–H groups in total. The Bertz CT molecular complexity index is 355. The minimum atomic E-state index is -0.727. The van der Waals surface area contributed by atoms with Gasteiger partial charge in [-0.3, -0.25) is 4.79 Å². The Morgan fingerprint density at radius 3 is 3.07 bits per heavy atom. The minimum absolute atomic E-state index is 0.266. The molecule has 1 aromatic heterocycles. The molecule has 0 aliphatic carbocycles. The molecular formula is C8H9ClN2O2S. The maximum atomic E-state index is 10.7. The van der Waals surface area contributed by atoms with Crippen molar-refractivity contribution in [2.24, 2.45) is 5.92 Å². The van der Waals surface area contributed by atoms with E-state index in [4.69, 9.17) is 16.7 Å². The highest BCUT2D eigenvalue weighted by molar-refractivity contribution is 7.19. The first-order chi connectivity index (χ1) is 6.66. The summed E-state index contributed by atoms with van der Waals surface area (Å²) in [7, 11) is 0. The molecule has 0 amide bonds. The Balaban J connectivity index is 2.05. The maximum absolute atomic E-state index is 10.7. The van der Waals surface area contributed by atoms with Crippen LogP contribution in [-0.2, 0) is 4.79 Å². The van der Waals surface area contributed by atoms with Gasteiger partial charge in [0.1, 0.15) is 4.34 Å². The molecule has 76 valence electrons.